The van der Waals surface area contributed by atoms with Crippen LogP contribution in [0.4, 0.5) is 0 Å². The van der Waals surface area contributed by atoms with E-state index in [1.165, 1.54) is 0 Å². The zero-order chi connectivity index (χ0) is 13.0. The van der Waals surface area contributed by atoms with Gasteiger partial charge in [0.05, 0.1) is 0 Å². The molecule has 18 heavy (non-hydrogen) atoms. The summed E-state index contributed by atoms with van der Waals surface area (Å²) < 4.78 is 0. The summed E-state index contributed by atoms with van der Waals surface area (Å²) in [6.07, 6.45) is 0. The number of nitrogens with one attached hydrogen (secondary N) is 2. The minimum Gasteiger partial charge on any atom is -0.358 e. The van der Waals surface area contributed by atoms with Crippen molar-refractivity contribution in [2.24, 2.45) is 0 Å². The summed E-state index contributed by atoms with van der Waals surface area (Å²) in [6, 6.07) is 7.65. The zero-order valence-corrected chi connectivity index (χ0v) is 11.2. The Kier molecular flexibility index (Phi) is 4.58. The molecule has 0 aliphatic carbocycles. The smallest absolute Gasteiger partial charge is 0.238 e. The SMILES string of the molecule is CNC(=O)C1CNCCN1Cc1ccccc1Cl. The molecule has 1 atom stereocenters. The van der Waals surface area contributed by atoms with E-state index in [-0.39, 0.29) is 11.9 Å². The molecule has 98 valence electrons. The number of carbonyl (C=O) groups is 1. The highest BCUT2D eigenvalue weighted by molar-refractivity contribution is 6.31. The number of rotatable bonds is 3. The second-order valence-electron chi connectivity index (χ2n) is 4.40. The van der Waals surface area contributed by atoms with Gasteiger partial charge in [-0.3, -0.25) is 9.69 Å². The lowest BCUT2D eigenvalue weighted by Gasteiger charge is -2.35. The Morgan fingerprint density at radius 3 is 3.06 bits per heavy atom. The topological polar surface area (TPSA) is 44.4 Å². The molecule has 1 saturated heterocycles. The number of nitrogens with zero attached hydrogens (tertiary/aromatic N) is 1. The van der Waals surface area contributed by atoms with E-state index in [0.29, 0.717) is 13.1 Å². The van der Waals surface area contributed by atoms with Crippen LogP contribution < -0.4 is 10.6 Å². The summed E-state index contributed by atoms with van der Waals surface area (Å²) in [5.41, 5.74) is 1.06. The van der Waals surface area contributed by atoms with E-state index in [9.17, 15) is 4.79 Å². The molecule has 1 aliphatic rings. The van der Waals surface area contributed by atoms with Crippen molar-refractivity contribution in [3.8, 4) is 0 Å². The molecule has 0 saturated carbocycles. The second kappa shape index (κ2) is 6.18. The lowest BCUT2D eigenvalue weighted by Crippen LogP contribution is -2.56. The Balaban J connectivity index is 2.10. The molecule has 4 nitrogen and oxygen atoms in total. The molecule has 1 aromatic carbocycles. The third kappa shape index (κ3) is 3.02. The van der Waals surface area contributed by atoms with Crippen LogP contribution in [0.5, 0.6) is 0 Å². The van der Waals surface area contributed by atoms with Crippen LogP contribution in [0, 0.1) is 0 Å². The van der Waals surface area contributed by atoms with Crippen LogP contribution in [0.3, 0.4) is 0 Å². The number of piperazine rings is 1. The number of likely N-dealkylation sites (N-methyl/N-ethyl adjacent to an activating group) is 1. The Bertz CT molecular complexity index is 424. The van der Waals surface area contributed by atoms with Crippen LogP contribution >= 0.6 is 11.6 Å². The van der Waals surface area contributed by atoms with Gasteiger partial charge in [0.2, 0.25) is 5.91 Å². The van der Waals surface area contributed by atoms with Gasteiger partial charge in [0.25, 0.3) is 0 Å². The van der Waals surface area contributed by atoms with Crippen molar-refractivity contribution in [2.45, 2.75) is 12.6 Å². The lowest BCUT2D eigenvalue weighted by molar-refractivity contribution is -0.126. The molecule has 0 spiro atoms. The van der Waals surface area contributed by atoms with E-state index >= 15 is 0 Å². The average Bonchev–Trinajstić information content (AvgIpc) is 2.41. The fourth-order valence-electron chi connectivity index (χ4n) is 2.21. The molecule has 5 heteroatoms. The van der Waals surface area contributed by atoms with Crippen molar-refractivity contribution >= 4 is 17.5 Å². The molecule has 0 bridgehead atoms. The number of carbonyl (C=O) groups excluding carboxylic acids is 1. The summed E-state index contributed by atoms with van der Waals surface area (Å²) in [5, 5.41) is 6.71. The van der Waals surface area contributed by atoms with Gasteiger partial charge in [0.1, 0.15) is 6.04 Å². The molecular weight excluding hydrogens is 250 g/mol. The summed E-state index contributed by atoms with van der Waals surface area (Å²) in [7, 11) is 1.67. The van der Waals surface area contributed by atoms with E-state index < -0.39 is 0 Å². The summed E-state index contributed by atoms with van der Waals surface area (Å²) in [6.45, 7) is 3.14. The third-order valence-electron chi connectivity index (χ3n) is 3.23. The maximum absolute atomic E-state index is 11.8. The lowest BCUT2D eigenvalue weighted by atomic mass is 10.1. The van der Waals surface area contributed by atoms with Crippen LogP contribution in [-0.4, -0.2) is 43.5 Å². The minimum absolute atomic E-state index is 0.0502. The highest BCUT2D eigenvalue weighted by atomic mass is 35.5. The normalized spacial score (nSPS) is 20.7. The number of hydrogen-bond acceptors (Lipinski definition) is 3. The van der Waals surface area contributed by atoms with Gasteiger partial charge in [-0.15, -0.1) is 0 Å². The Morgan fingerprint density at radius 2 is 2.33 bits per heavy atom. The Morgan fingerprint density at radius 1 is 1.56 bits per heavy atom. The van der Waals surface area contributed by atoms with E-state index in [4.69, 9.17) is 11.6 Å². The van der Waals surface area contributed by atoms with Gasteiger partial charge < -0.3 is 10.6 Å². The average molecular weight is 268 g/mol. The monoisotopic (exact) mass is 267 g/mol. The van der Waals surface area contributed by atoms with Crippen molar-refractivity contribution < 1.29 is 4.79 Å². The number of halogens is 1. The molecule has 2 N–H and O–H groups in total. The first kappa shape index (κ1) is 13.3. The summed E-state index contributed by atoms with van der Waals surface area (Å²) in [4.78, 5) is 14.0. The Labute approximate surface area is 112 Å². The van der Waals surface area contributed by atoms with Crippen LogP contribution in [0.1, 0.15) is 5.56 Å². The van der Waals surface area contributed by atoms with Crippen LogP contribution in [0.15, 0.2) is 24.3 Å². The fraction of sp³-hybridized carbons (Fsp3) is 0.462. The molecule has 1 unspecified atom stereocenters. The minimum atomic E-state index is -0.125. The van der Waals surface area contributed by atoms with Crippen LogP contribution in [-0.2, 0) is 11.3 Å². The standard InChI is InChI=1S/C13H18ClN3O/c1-15-13(18)12-8-16-6-7-17(12)9-10-4-2-3-5-11(10)14/h2-5,12,16H,6-9H2,1H3,(H,15,18). The van der Waals surface area contributed by atoms with E-state index in [2.05, 4.69) is 15.5 Å². The van der Waals surface area contributed by atoms with Gasteiger partial charge in [-0.1, -0.05) is 29.8 Å². The van der Waals surface area contributed by atoms with Crippen molar-refractivity contribution in [3.63, 3.8) is 0 Å². The van der Waals surface area contributed by atoms with Gasteiger partial charge >= 0.3 is 0 Å². The van der Waals surface area contributed by atoms with E-state index in [0.717, 1.165) is 23.7 Å². The first-order valence-corrected chi connectivity index (χ1v) is 6.50. The number of benzene rings is 1. The second-order valence-corrected chi connectivity index (χ2v) is 4.80. The molecule has 2 rings (SSSR count). The summed E-state index contributed by atoms with van der Waals surface area (Å²) >= 11 is 6.16. The van der Waals surface area contributed by atoms with Crippen LogP contribution in [0.2, 0.25) is 5.02 Å². The predicted molar refractivity (Wildman–Crippen MR) is 72.6 cm³/mol. The van der Waals surface area contributed by atoms with Gasteiger partial charge in [-0.25, -0.2) is 0 Å². The number of hydrogen-bond donors (Lipinski definition) is 2. The Hall–Kier alpha value is -1.10. The van der Waals surface area contributed by atoms with Gasteiger partial charge in [-0.05, 0) is 11.6 Å². The third-order valence-corrected chi connectivity index (χ3v) is 3.60. The van der Waals surface area contributed by atoms with E-state index in [1.54, 1.807) is 7.05 Å². The first-order chi connectivity index (χ1) is 8.72. The highest BCUT2D eigenvalue weighted by Gasteiger charge is 2.27. The highest BCUT2D eigenvalue weighted by Crippen LogP contribution is 2.18. The van der Waals surface area contributed by atoms with Crippen molar-refractivity contribution in [2.75, 3.05) is 26.7 Å². The molecule has 0 radical (unpaired) electrons. The molecule has 1 aromatic rings. The van der Waals surface area contributed by atoms with Gasteiger partial charge in [0, 0.05) is 38.2 Å². The fourth-order valence-corrected chi connectivity index (χ4v) is 2.40. The molecule has 1 fully saturated rings. The zero-order valence-electron chi connectivity index (χ0n) is 10.4. The van der Waals surface area contributed by atoms with Crippen molar-refractivity contribution in [1.82, 2.24) is 15.5 Å². The number of amides is 1. The molecule has 0 aromatic heterocycles. The van der Waals surface area contributed by atoms with Crippen molar-refractivity contribution in [1.29, 1.82) is 0 Å². The quantitative estimate of drug-likeness (QED) is 0.854. The summed E-state index contributed by atoms with van der Waals surface area (Å²) in [5.74, 6) is 0.0502. The largest absolute Gasteiger partial charge is 0.358 e. The van der Waals surface area contributed by atoms with E-state index in [1.807, 2.05) is 24.3 Å². The molecule has 1 heterocycles. The van der Waals surface area contributed by atoms with Crippen molar-refractivity contribution in [3.05, 3.63) is 34.9 Å². The maximum atomic E-state index is 11.8. The predicted octanol–water partition coefficient (Wildman–Crippen LogP) is 0.860. The molecule has 1 aliphatic heterocycles. The molecule has 1 amide bonds. The van der Waals surface area contributed by atoms with Gasteiger partial charge in [0.15, 0.2) is 0 Å². The van der Waals surface area contributed by atoms with Gasteiger partial charge in [-0.2, -0.15) is 0 Å². The maximum Gasteiger partial charge on any atom is 0.238 e. The van der Waals surface area contributed by atoms with Crippen LogP contribution in [0.25, 0.3) is 0 Å². The first-order valence-electron chi connectivity index (χ1n) is 6.12. The molecular formula is C13H18ClN3O.